The number of nitrogens with zero attached hydrogens (tertiary/aromatic N) is 1. The number of benzene rings is 2. The summed E-state index contributed by atoms with van der Waals surface area (Å²) in [6.07, 6.45) is 3.72. The zero-order chi connectivity index (χ0) is 19.2. The molecular weight excluding hydrogens is 410 g/mol. The monoisotopic (exact) mass is 429 g/mol. The molecule has 0 radical (unpaired) electrons. The maximum atomic E-state index is 12.2. The SMILES string of the molecule is CCCCOc1ccc(C=C2N=C(c3ccc(Br)cc3)OC2=O)cc1OC. The molecule has 27 heavy (non-hydrogen) atoms. The molecule has 0 unspecified atom stereocenters. The molecule has 0 aliphatic carbocycles. The van der Waals surface area contributed by atoms with Crippen LogP contribution in [0, 0.1) is 0 Å². The fourth-order valence-electron chi connectivity index (χ4n) is 2.50. The molecule has 3 rings (SSSR count). The summed E-state index contributed by atoms with van der Waals surface area (Å²) < 4.78 is 17.4. The normalized spacial score (nSPS) is 14.9. The van der Waals surface area contributed by atoms with Crippen molar-refractivity contribution in [1.29, 1.82) is 0 Å². The number of unbranched alkanes of at least 4 members (excludes halogenated alkanes) is 1. The van der Waals surface area contributed by atoms with E-state index >= 15 is 0 Å². The van der Waals surface area contributed by atoms with Crippen LogP contribution in [0.5, 0.6) is 11.5 Å². The van der Waals surface area contributed by atoms with E-state index in [0.717, 1.165) is 28.4 Å². The Morgan fingerprint density at radius 2 is 1.93 bits per heavy atom. The number of rotatable bonds is 7. The molecule has 2 aromatic rings. The van der Waals surface area contributed by atoms with Gasteiger partial charge >= 0.3 is 5.97 Å². The molecule has 6 heteroatoms. The number of carbonyl (C=O) groups is 1. The summed E-state index contributed by atoms with van der Waals surface area (Å²) in [7, 11) is 1.59. The highest BCUT2D eigenvalue weighted by molar-refractivity contribution is 9.10. The van der Waals surface area contributed by atoms with E-state index in [1.165, 1.54) is 0 Å². The standard InChI is InChI=1S/C21H20BrNO4/c1-3-4-11-26-18-10-5-14(13-19(18)25-2)12-17-21(24)27-20(23-17)15-6-8-16(22)9-7-15/h5-10,12-13H,3-4,11H2,1-2H3. The van der Waals surface area contributed by atoms with E-state index in [4.69, 9.17) is 14.2 Å². The largest absolute Gasteiger partial charge is 0.493 e. The van der Waals surface area contributed by atoms with Gasteiger partial charge in [0.05, 0.1) is 13.7 Å². The lowest BCUT2D eigenvalue weighted by Gasteiger charge is -2.10. The number of hydrogen-bond acceptors (Lipinski definition) is 5. The molecular formula is C21H20BrNO4. The predicted molar refractivity (Wildman–Crippen MR) is 108 cm³/mol. The molecule has 0 saturated heterocycles. The van der Waals surface area contributed by atoms with E-state index in [0.29, 0.717) is 24.0 Å². The molecule has 0 spiro atoms. The van der Waals surface area contributed by atoms with E-state index in [1.54, 1.807) is 13.2 Å². The Kier molecular flexibility index (Phi) is 6.29. The molecule has 0 amide bonds. The Morgan fingerprint density at radius 3 is 2.63 bits per heavy atom. The van der Waals surface area contributed by atoms with Crippen LogP contribution in [0.3, 0.4) is 0 Å². The van der Waals surface area contributed by atoms with Crippen LogP contribution in [0.4, 0.5) is 0 Å². The van der Waals surface area contributed by atoms with Crippen LogP contribution in [0.1, 0.15) is 30.9 Å². The fraction of sp³-hybridized carbons (Fsp3) is 0.238. The van der Waals surface area contributed by atoms with Gasteiger partial charge in [-0.05, 0) is 54.5 Å². The first-order valence-electron chi connectivity index (χ1n) is 8.70. The van der Waals surface area contributed by atoms with Crippen LogP contribution in [-0.4, -0.2) is 25.6 Å². The van der Waals surface area contributed by atoms with Crippen molar-refractivity contribution in [3.8, 4) is 11.5 Å². The summed E-state index contributed by atoms with van der Waals surface area (Å²) in [6.45, 7) is 2.75. The van der Waals surface area contributed by atoms with E-state index in [9.17, 15) is 4.79 Å². The van der Waals surface area contributed by atoms with E-state index < -0.39 is 5.97 Å². The number of carbonyl (C=O) groups excluding carboxylic acids is 1. The van der Waals surface area contributed by atoms with Crippen molar-refractivity contribution in [2.24, 2.45) is 4.99 Å². The molecule has 0 N–H and O–H groups in total. The molecule has 0 atom stereocenters. The lowest BCUT2D eigenvalue weighted by molar-refractivity contribution is -0.129. The van der Waals surface area contributed by atoms with E-state index in [1.807, 2.05) is 42.5 Å². The quantitative estimate of drug-likeness (QED) is 0.353. The van der Waals surface area contributed by atoms with Gasteiger partial charge in [-0.1, -0.05) is 35.3 Å². The van der Waals surface area contributed by atoms with Gasteiger partial charge in [-0.25, -0.2) is 9.79 Å². The summed E-state index contributed by atoms with van der Waals surface area (Å²) in [5, 5.41) is 0. The maximum absolute atomic E-state index is 12.2. The van der Waals surface area contributed by atoms with Gasteiger partial charge in [0, 0.05) is 10.0 Å². The zero-order valence-corrected chi connectivity index (χ0v) is 16.8. The predicted octanol–water partition coefficient (Wildman–Crippen LogP) is 4.98. The lowest BCUT2D eigenvalue weighted by atomic mass is 10.1. The second kappa shape index (κ2) is 8.86. The molecule has 2 aromatic carbocycles. The molecule has 1 heterocycles. The van der Waals surface area contributed by atoms with Crippen molar-refractivity contribution in [2.45, 2.75) is 19.8 Å². The maximum Gasteiger partial charge on any atom is 0.363 e. The average molecular weight is 430 g/mol. The Bertz CT molecular complexity index is 888. The van der Waals surface area contributed by atoms with Gasteiger partial charge in [0.2, 0.25) is 5.90 Å². The average Bonchev–Trinajstić information content (AvgIpc) is 3.04. The Morgan fingerprint density at radius 1 is 1.15 bits per heavy atom. The van der Waals surface area contributed by atoms with Crippen molar-refractivity contribution in [3.05, 3.63) is 63.8 Å². The van der Waals surface area contributed by atoms with Crippen LogP contribution in [0.25, 0.3) is 6.08 Å². The van der Waals surface area contributed by atoms with Crippen molar-refractivity contribution < 1.29 is 19.0 Å². The summed E-state index contributed by atoms with van der Waals surface area (Å²) >= 11 is 3.38. The van der Waals surface area contributed by atoms with Crippen molar-refractivity contribution in [3.63, 3.8) is 0 Å². The van der Waals surface area contributed by atoms with Gasteiger partial charge in [0.1, 0.15) is 0 Å². The molecule has 5 nitrogen and oxygen atoms in total. The van der Waals surface area contributed by atoms with Crippen LogP contribution >= 0.6 is 15.9 Å². The lowest BCUT2D eigenvalue weighted by Crippen LogP contribution is -2.05. The van der Waals surface area contributed by atoms with Gasteiger partial charge in [-0.3, -0.25) is 0 Å². The number of cyclic esters (lactones) is 1. The summed E-state index contributed by atoms with van der Waals surface area (Å²) in [6, 6.07) is 12.9. The van der Waals surface area contributed by atoms with Crippen LogP contribution in [-0.2, 0) is 9.53 Å². The second-order valence-electron chi connectivity index (χ2n) is 5.96. The first-order valence-corrected chi connectivity index (χ1v) is 9.49. The molecule has 140 valence electrons. The topological polar surface area (TPSA) is 57.1 Å². The van der Waals surface area contributed by atoms with Crippen LogP contribution < -0.4 is 9.47 Å². The van der Waals surface area contributed by atoms with Gasteiger partial charge < -0.3 is 14.2 Å². The molecule has 1 aliphatic rings. The molecule has 0 bridgehead atoms. The van der Waals surface area contributed by atoms with Crippen molar-refractivity contribution >= 4 is 33.9 Å². The highest BCUT2D eigenvalue weighted by Crippen LogP contribution is 2.30. The smallest absolute Gasteiger partial charge is 0.363 e. The molecule has 0 aromatic heterocycles. The second-order valence-corrected chi connectivity index (χ2v) is 6.87. The highest BCUT2D eigenvalue weighted by Gasteiger charge is 2.24. The summed E-state index contributed by atoms with van der Waals surface area (Å²) in [5.41, 5.74) is 1.77. The Hall–Kier alpha value is -2.60. The highest BCUT2D eigenvalue weighted by atomic mass is 79.9. The Labute approximate surface area is 166 Å². The number of halogens is 1. The third kappa shape index (κ3) is 4.77. The molecule has 0 fully saturated rings. The van der Waals surface area contributed by atoms with Gasteiger partial charge in [-0.2, -0.15) is 0 Å². The fourth-order valence-corrected chi connectivity index (χ4v) is 2.77. The minimum Gasteiger partial charge on any atom is -0.493 e. The number of aliphatic imine (C=N–C) groups is 1. The number of methoxy groups -OCH3 is 1. The van der Waals surface area contributed by atoms with Gasteiger partial charge in [0.15, 0.2) is 17.2 Å². The van der Waals surface area contributed by atoms with Crippen LogP contribution in [0.15, 0.2) is 57.6 Å². The van der Waals surface area contributed by atoms with Gasteiger partial charge in [-0.15, -0.1) is 0 Å². The Balaban J connectivity index is 1.82. The van der Waals surface area contributed by atoms with Crippen LogP contribution in [0.2, 0.25) is 0 Å². The summed E-state index contributed by atoms with van der Waals surface area (Å²) in [4.78, 5) is 16.5. The summed E-state index contributed by atoms with van der Waals surface area (Å²) in [5.74, 6) is 1.12. The first kappa shape index (κ1) is 19.2. The number of hydrogen-bond donors (Lipinski definition) is 0. The zero-order valence-electron chi connectivity index (χ0n) is 15.2. The number of esters is 1. The third-order valence-electron chi connectivity index (χ3n) is 3.96. The van der Waals surface area contributed by atoms with Crippen molar-refractivity contribution in [2.75, 3.05) is 13.7 Å². The molecule has 0 saturated carbocycles. The molecule has 1 aliphatic heterocycles. The van der Waals surface area contributed by atoms with Crippen molar-refractivity contribution in [1.82, 2.24) is 0 Å². The minimum absolute atomic E-state index is 0.245. The first-order chi connectivity index (χ1) is 13.1. The van der Waals surface area contributed by atoms with Gasteiger partial charge in [0.25, 0.3) is 0 Å². The van der Waals surface area contributed by atoms with E-state index in [2.05, 4.69) is 27.8 Å². The third-order valence-corrected chi connectivity index (χ3v) is 4.49. The minimum atomic E-state index is -0.477. The number of ether oxygens (including phenoxy) is 3. The van der Waals surface area contributed by atoms with E-state index in [-0.39, 0.29) is 5.70 Å².